The van der Waals surface area contributed by atoms with E-state index in [1.54, 1.807) is 17.4 Å². The lowest BCUT2D eigenvalue weighted by atomic mass is 10.1. The van der Waals surface area contributed by atoms with Gasteiger partial charge >= 0.3 is 6.03 Å². The SMILES string of the molecule is Cc1cccc(C(=O)N2CCCN(C(=O)NCc3ccc(Cn4ccnc4)cc3)CC2)c1. The van der Waals surface area contributed by atoms with Crippen molar-refractivity contribution >= 4 is 11.9 Å². The lowest BCUT2D eigenvalue weighted by Gasteiger charge is -2.22. The largest absolute Gasteiger partial charge is 0.337 e. The number of aromatic nitrogens is 2. The third-order valence-corrected chi connectivity index (χ3v) is 5.73. The fraction of sp³-hybridized carbons (Fsp3) is 0.320. The van der Waals surface area contributed by atoms with Gasteiger partial charge in [0.15, 0.2) is 0 Å². The first-order chi connectivity index (χ1) is 15.6. The van der Waals surface area contributed by atoms with Crippen LogP contribution in [0.3, 0.4) is 0 Å². The molecule has 0 unspecified atom stereocenters. The van der Waals surface area contributed by atoms with Gasteiger partial charge < -0.3 is 19.7 Å². The summed E-state index contributed by atoms with van der Waals surface area (Å²) in [6.07, 6.45) is 6.27. The second-order valence-corrected chi connectivity index (χ2v) is 8.21. The molecule has 2 heterocycles. The first-order valence-electron chi connectivity index (χ1n) is 11.0. The van der Waals surface area contributed by atoms with Crippen LogP contribution in [0.4, 0.5) is 4.79 Å². The predicted molar refractivity (Wildman–Crippen MR) is 123 cm³/mol. The summed E-state index contributed by atoms with van der Waals surface area (Å²) in [7, 11) is 0. The topological polar surface area (TPSA) is 70.5 Å². The monoisotopic (exact) mass is 431 g/mol. The zero-order valence-corrected chi connectivity index (χ0v) is 18.4. The molecular formula is C25H29N5O2. The number of nitrogens with zero attached hydrogens (tertiary/aromatic N) is 4. The molecule has 0 saturated carbocycles. The number of benzene rings is 2. The fourth-order valence-electron chi connectivity index (χ4n) is 3.93. The van der Waals surface area contributed by atoms with Crippen LogP contribution in [0.15, 0.2) is 67.3 Å². The molecule has 0 atom stereocenters. The summed E-state index contributed by atoms with van der Waals surface area (Å²) < 4.78 is 2.02. The van der Waals surface area contributed by atoms with Crippen molar-refractivity contribution in [3.05, 3.63) is 89.5 Å². The molecule has 4 rings (SSSR count). The van der Waals surface area contributed by atoms with Crippen molar-refractivity contribution < 1.29 is 9.59 Å². The number of carbonyl (C=O) groups excluding carboxylic acids is 2. The molecule has 1 aliphatic rings. The van der Waals surface area contributed by atoms with Gasteiger partial charge in [-0.05, 0) is 36.6 Å². The maximum absolute atomic E-state index is 12.8. The highest BCUT2D eigenvalue weighted by Gasteiger charge is 2.22. The number of carbonyl (C=O) groups is 2. The molecule has 1 aromatic heterocycles. The van der Waals surface area contributed by atoms with Crippen molar-refractivity contribution in [1.29, 1.82) is 0 Å². The zero-order valence-electron chi connectivity index (χ0n) is 18.4. The van der Waals surface area contributed by atoms with Crippen LogP contribution >= 0.6 is 0 Å². The maximum Gasteiger partial charge on any atom is 0.317 e. The Hall–Kier alpha value is -3.61. The van der Waals surface area contributed by atoms with E-state index < -0.39 is 0 Å². The molecule has 2 aromatic carbocycles. The molecular weight excluding hydrogens is 402 g/mol. The van der Waals surface area contributed by atoms with Gasteiger partial charge in [-0.2, -0.15) is 0 Å². The summed E-state index contributed by atoms with van der Waals surface area (Å²) in [6.45, 7) is 5.63. The van der Waals surface area contributed by atoms with Gasteiger partial charge in [0.2, 0.25) is 0 Å². The minimum Gasteiger partial charge on any atom is -0.337 e. The molecule has 166 valence electrons. The second-order valence-electron chi connectivity index (χ2n) is 8.21. The predicted octanol–water partition coefficient (Wildman–Crippen LogP) is 3.30. The standard InChI is InChI=1S/C25H29N5O2/c1-20-4-2-5-23(16-20)24(31)29-11-3-12-30(15-14-29)25(32)27-17-21-6-8-22(9-7-21)18-28-13-10-26-19-28/h2,4-10,13,16,19H,3,11-12,14-15,17-18H2,1H3,(H,27,32). The van der Waals surface area contributed by atoms with Gasteiger partial charge in [0, 0.05) is 57.2 Å². The number of urea groups is 1. The Morgan fingerprint density at radius 1 is 0.969 bits per heavy atom. The van der Waals surface area contributed by atoms with Crippen LogP contribution in [0.25, 0.3) is 0 Å². The van der Waals surface area contributed by atoms with Gasteiger partial charge in [0.1, 0.15) is 0 Å². The molecule has 1 saturated heterocycles. The lowest BCUT2D eigenvalue weighted by Crippen LogP contribution is -2.42. The van der Waals surface area contributed by atoms with Gasteiger partial charge in [-0.25, -0.2) is 9.78 Å². The minimum absolute atomic E-state index is 0.0340. The van der Waals surface area contributed by atoms with Gasteiger partial charge in [-0.1, -0.05) is 42.0 Å². The van der Waals surface area contributed by atoms with Gasteiger partial charge in [-0.15, -0.1) is 0 Å². The van der Waals surface area contributed by atoms with E-state index in [2.05, 4.69) is 22.4 Å². The van der Waals surface area contributed by atoms with Crippen LogP contribution in [0, 0.1) is 6.92 Å². The van der Waals surface area contributed by atoms with Crippen LogP contribution in [-0.2, 0) is 13.1 Å². The van der Waals surface area contributed by atoms with E-state index in [0.717, 1.165) is 24.1 Å². The normalized spacial score (nSPS) is 14.2. The van der Waals surface area contributed by atoms with Gasteiger partial charge in [0.05, 0.1) is 6.33 Å². The van der Waals surface area contributed by atoms with E-state index in [1.807, 2.05) is 59.0 Å². The summed E-state index contributed by atoms with van der Waals surface area (Å²) in [4.78, 5) is 33.2. The van der Waals surface area contributed by atoms with E-state index >= 15 is 0 Å². The summed E-state index contributed by atoms with van der Waals surface area (Å²) in [6, 6.07) is 15.8. The summed E-state index contributed by atoms with van der Waals surface area (Å²) in [5.74, 6) is 0.0340. The van der Waals surface area contributed by atoms with Crippen molar-refractivity contribution in [3.63, 3.8) is 0 Å². The molecule has 32 heavy (non-hydrogen) atoms. The maximum atomic E-state index is 12.8. The molecule has 0 aliphatic carbocycles. The number of rotatable bonds is 5. The van der Waals surface area contributed by atoms with Crippen LogP contribution in [0.2, 0.25) is 0 Å². The number of imidazole rings is 1. The Kier molecular flexibility index (Phi) is 6.84. The minimum atomic E-state index is -0.0858. The van der Waals surface area contributed by atoms with Gasteiger partial charge in [-0.3, -0.25) is 4.79 Å². The molecule has 3 amide bonds. The van der Waals surface area contributed by atoms with Gasteiger partial charge in [0.25, 0.3) is 5.91 Å². The summed E-state index contributed by atoms with van der Waals surface area (Å²) in [5.41, 5.74) is 4.02. The van der Waals surface area contributed by atoms with E-state index in [-0.39, 0.29) is 11.9 Å². The highest BCUT2D eigenvalue weighted by atomic mass is 16.2. The lowest BCUT2D eigenvalue weighted by molar-refractivity contribution is 0.0762. The number of amides is 3. The fourth-order valence-corrected chi connectivity index (χ4v) is 3.93. The van der Waals surface area contributed by atoms with E-state index in [1.165, 1.54) is 5.56 Å². The van der Waals surface area contributed by atoms with Crippen LogP contribution in [0.1, 0.15) is 33.5 Å². The summed E-state index contributed by atoms with van der Waals surface area (Å²) in [5, 5.41) is 3.01. The molecule has 1 aliphatic heterocycles. The number of aryl methyl sites for hydroxylation is 1. The zero-order chi connectivity index (χ0) is 22.3. The second kappa shape index (κ2) is 10.1. The van der Waals surface area contributed by atoms with Crippen molar-refractivity contribution in [2.75, 3.05) is 26.2 Å². The summed E-state index contributed by atoms with van der Waals surface area (Å²) >= 11 is 0. The van der Waals surface area contributed by atoms with E-state index in [9.17, 15) is 9.59 Å². The number of hydrogen-bond acceptors (Lipinski definition) is 3. The molecule has 0 spiro atoms. The van der Waals surface area contributed by atoms with E-state index in [0.29, 0.717) is 38.3 Å². The van der Waals surface area contributed by atoms with Crippen molar-refractivity contribution in [2.24, 2.45) is 0 Å². The highest BCUT2D eigenvalue weighted by Crippen LogP contribution is 2.12. The van der Waals surface area contributed by atoms with Crippen molar-refractivity contribution in [2.45, 2.75) is 26.4 Å². The molecule has 7 heteroatoms. The molecule has 0 bridgehead atoms. The van der Waals surface area contributed by atoms with Crippen molar-refractivity contribution in [3.8, 4) is 0 Å². The molecule has 3 aromatic rings. The van der Waals surface area contributed by atoms with Crippen LogP contribution in [0.5, 0.6) is 0 Å². The third-order valence-electron chi connectivity index (χ3n) is 5.73. The molecule has 1 fully saturated rings. The Morgan fingerprint density at radius 3 is 2.47 bits per heavy atom. The first kappa shape index (κ1) is 21.6. The first-order valence-corrected chi connectivity index (χ1v) is 11.0. The quantitative estimate of drug-likeness (QED) is 0.674. The van der Waals surface area contributed by atoms with Crippen molar-refractivity contribution in [1.82, 2.24) is 24.7 Å². The van der Waals surface area contributed by atoms with E-state index in [4.69, 9.17) is 0 Å². The molecule has 7 nitrogen and oxygen atoms in total. The highest BCUT2D eigenvalue weighted by molar-refractivity contribution is 5.94. The number of hydrogen-bond donors (Lipinski definition) is 1. The Bertz CT molecular complexity index is 1050. The van der Waals surface area contributed by atoms with Crippen LogP contribution < -0.4 is 5.32 Å². The average molecular weight is 432 g/mol. The van der Waals surface area contributed by atoms with Crippen LogP contribution in [-0.4, -0.2) is 57.5 Å². The Morgan fingerprint density at radius 2 is 1.72 bits per heavy atom. The Labute approximate surface area is 188 Å². The third kappa shape index (κ3) is 5.55. The smallest absolute Gasteiger partial charge is 0.317 e. The number of nitrogens with one attached hydrogen (secondary N) is 1. The molecule has 0 radical (unpaired) electrons. The Balaban J connectivity index is 1.26. The molecule has 1 N–H and O–H groups in total. The average Bonchev–Trinajstić information content (AvgIpc) is 3.19.